The van der Waals surface area contributed by atoms with Crippen LogP contribution >= 0.6 is 0 Å². The predicted molar refractivity (Wildman–Crippen MR) is 118 cm³/mol. The van der Waals surface area contributed by atoms with Crippen LogP contribution in [-0.2, 0) is 4.79 Å². The van der Waals surface area contributed by atoms with Gasteiger partial charge in [-0.3, -0.25) is 4.79 Å². The summed E-state index contributed by atoms with van der Waals surface area (Å²) in [6, 6.07) is 13.4. The van der Waals surface area contributed by atoms with Crippen LogP contribution in [0.15, 0.2) is 55.0 Å². The number of para-hydroxylation sites is 2. The van der Waals surface area contributed by atoms with Gasteiger partial charge in [-0.1, -0.05) is 18.2 Å². The molecule has 0 atom stereocenters. The van der Waals surface area contributed by atoms with Crippen LogP contribution in [0.2, 0.25) is 0 Å². The second kappa shape index (κ2) is 8.83. The molecule has 4 rings (SSSR count). The molecule has 8 nitrogen and oxygen atoms in total. The van der Waals surface area contributed by atoms with E-state index in [-0.39, 0.29) is 12.5 Å². The maximum absolute atomic E-state index is 12.4. The quantitative estimate of drug-likeness (QED) is 0.491. The Morgan fingerprint density at radius 1 is 1.06 bits per heavy atom. The third kappa shape index (κ3) is 4.48. The number of carbonyl (C=O) groups is 1. The topological polar surface area (TPSA) is 91.2 Å². The Morgan fingerprint density at radius 3 is 2.61 bits per heavy atom. The van der Waals surface area contributed by atoms with E-state index in [2.05, 4.69) is 26.4 Å². The van der Waals surface area contributed by atoms with E-state index in [4.69, 9.17) is 9.47 Å². The third-order valence-corrected chi connectivity index (χ3v) is 4.58. The van der Waals surface area contributed by atoms with Gasteiger partial charge >= 0.3 is 0 Å². The number of aromatic nitrogens is 4. The van der Waals surface area contributed by atoms with Crippen LogP contribution in [-0.4, -0.2) is 38.9 Å². The van der Waals surface area contributed by atoms with Crippen molar-refractivity contribution in [1.82, 2.24) is 19.7 Å². The third-order valence-electron chi connectivity index (χ3n) is 4.58. The summed E-state index contributed by atoms with van der Waals surface area (Å²) in [4.78, 5) is 21.0. The Hall–Kier alpha value is -3.94. The molecule has 31 heavy (non-hydrogen) atoms. The summed E-state index contributed by atoms with van der Waals surface area (Å²) in [7, 11) is 0. The number of nitrogens with zero attached hydrogens (tertiary/aromatic N) is 4. The van der Waals surface area contributed by atoms with Crippen molar-refractivity contribution in [3.63, 3.8) is 0 Å². The number of amides is 1. The van der Waals surface area contributed by atoms with Gasteiger partial charge in [-0.05, 0) is 56.2 Å². The fraction of sp³-hybridized carbons (Fsp3) is 0.217. The molecule has 0 saturated heterocycles. The van der Waals surface area contributed by atoms with Crippen molar-refractivity contribution in [2.24, 2.45) is 0 Å². The lowest BCUT2D eigenvalue weighted by Gasteiger charge is -2.11. The van der Waals surface area contributed by atoms with Crippen molar-refractivity contribution in [1.29, 1.82) is 0 Å². The van der Waals surface area contributed by atoms with E-state index in [0.29, 0.717) is 35.0 Å². The molecule has 0 aliphatic carbocycles. The lowest BCUT2D eigenvalue weighted by molar-refractivity contribution is -0.118. The fourth-order valence-corrected chi connectivity index (χ4v) is 3.37. The van der Waals surface area contributed by atoms with Crippen LogP contribution in [0.5, 0.6) is 11.6 Å². The number of nitrogens with one attached hydrogen (secondary N) is 1. The minimum absolute atomic E-state index is 0.207. The van der Waals surface area contributed by atoms with Crippen LogP contribution in [0, 0.1) is 13.8 Å². The number of carbonyl (C=O) groups excluding carboxylic acids is 1. The van der Waals surface area contributed by atoms with E-state index in [1.54, 1.807) is 23.0 Å². The molecule has 0 bridgehead atoms. The molecule has 2 aromatic carbocycles. The van der Waals surface area contributed by atoms with Crippen molar-refractivity contribution < 1.29 is 14.3 Å². The van der Waals surface area contributed by atoms with Crippen molar-refractivity contribution in [2.75, 3.05) is 18.5 Å². The zero-order valence-electron chi connectivity index (χ0n) is 17.6. The van der Waals surface area contributed by atoms with E-state index in [9.17, 15) is 4.79 Å². The lowest BCUT2D eigenvalue weighted by Crippen LogP contribution is -2.21. The second-order valence-corrected chi connectivity index (χ2v) is 7.08. The Bertz CT molecular complexity index is 1210. The Morgan fingerprint density at radius 2 is 1.84 bits per heavy atom. The summed E-state index contributed by atoms with van der Waals surface area (Å²) in [5.41, 5.74) is 4.37. The monoisotopic (exact) mass is 417 g/mol. The zero-order valence-corrected chi connectivity index (χ0v) is 17.6. The van der Waals surface area contributed by atoms with E-state index >= 15 is 0 Å². The summed E-state index contributed by atoms with van der Waals surface area (Å²) in [6.07, 6.45) is 3.05. The lowest BCUT2D eigenvalue weighted by atomic mass is 10.1. The van der Waals surface area contributed by atoms with E-state index in [0.717, 1.165) is 16.8 Å². The van der Waals surface area contributed by atoms with Gasteiger partial charge in [0.25, 0.3) is 5.91 Å². The Kier molecular flexibility index (Phi) is 5.79. The predicted octanol–water partition coefficient (Wildman–Crippen LogP) is 3.85. The molecule has 0 radical (unpaired) electrons. The average Bonchev–Trinajstić information content (AvgIpc) is 3.18. The van der Waals surface area contributed by atoms with Crippen LogP contribution < -0.4 is 14.8 Å². The van der Waals surface area contributed by atoms with E-state index in [1.165, 1.54) is 6.33 Å². The van der Waals surface area contributed by atoms with Gasteiger partial charge in [0, 0.05) is 0 Å². The maximum Gasteiger partial charge on any atom is 0.262 e. The molecule has 2 aromatic heterocycles. The molecule has 1 amide bonds. The van der Waals surface area contributed by atoms with Crippen LogP contribution in [0.3, 0.4) is 0 Å². The molecule has 0 unspecified atom stereocenters. The van der Waals surface area contributed by atoms with Gasteiger partial charge < -0.3 is 14.8 Å². The minimum Gasteiger partial charge on any atom is -0.492 e. The molecule has 158 valence electrons. The first-order chi connectivity index (χ1) is 15.0. The Labute approximate surface area is 179 Å². The first-order valence-electron chi connectivity index (χ1n) is 9.97. The van der Waals surface area contributed by atoms with Gasteiger partial charge in [-0.15, -0.1) is 0 Å². The van der Waals surface area contributed by atoms with Crippen molar-refractivity contribution in [2.45, 2.75) is 20.8 Å². The largest absolute Gasteiger partial charge is 0.492 e. The smallest absolute Gasteiger partial charge is 0.262 e. The molecule has 2 heterocycles. The summed E-state index contributed by atoms with van der Waals surface area (Å²) >= 11 is 0. The van der Waals surface area contributed by atoms with Gasteiger partial charge in [0.2, 0.25) is 5.88 Å². The molecule has 0 spiro atoms. The molecular weight excluding hydrogens is 394 g/mol. The maximum atomic E-state index is 12.4. The van der Waals surface area contributed by atoms with Crippen LogP contribution in [0.4, 0.5) is 5.69 Å². The molecule has 0 aliphatic heterocycles. The highest BCUT2D eigenvalue weighted by atomic mass is 16.5. The fourth-order valence-electron chi connectivity index (χ4n) is 3.37. The average molecular weight is 417 g/mol. The molecule has 0 saturated carbocycles. The van der Waals surface area contributed by atoms with Crippen LogP contribution in [0.1, 0.15) is 18.1 Å². The number of benzene rings is 2. The summed E-state index contributed by atoms with van der Waals surface area (Å²) in [5, 5.41) is 7.89. The first kappa shape index (κ1) is 20.3. The van der Waals surface area contributed by atoms with Gasteiger partial charge in [-0.25, -0.2) is 14.6 Å². The number of rotatable bonds is 7. The SMILES string of the molecule is CCOc1ccccc1NC(=O)COc1ncnc2c1cnn2-c1cc(C)cc(C)c1. The van der Waals surface area contributed by atoms with E-state index < -0.39 is 0 Å². The molecule has 0 fully saturated rings. The number of aryl methyl sites for hydroxylation is 2. The van der Waals surface area contributed by atoms with Crippen molar-refractivity contribution in [3.05, 3.63) is 66.1 Å². The highest BCUT2D eigenvalue weighted by molar-refractivity contribution is 5.93. The van der Waals surface area contributed by atoms with Gasteiger partial charge in [0.15, 0.2) is 12.3 Å². The zero-order chi connectivity index (χ0) is 21.8. The number of hydrogen-bond acceptors (Lipinski definition) is 6. The number of anilines is 1. The number of fused-ring (bicyclic) bond motifs is 1. The Balaban J connectivity index is 1.52. The highest BCUT2D eigenvalue weighted by Crippen LogP contribution is 2.25. The van der Waals surface area contributed by atoms with Gasteiger partial charge in [0.05, 0.1) is 24.2 Å². The summed E-state index contributed by atoms with van der Waals surface area (Å²) < 4.78 is 13.0. The second-order valence-electron chi connectivity index (χ2n) is 7.08. The molecule has 0 aliphatic rings. The van der Waals surface area contributed by atoms with Crippen LogP contribution in [0.25, 0.3) is 16.7 Å². The van der Waals surface area contributed by atoms with E-state index in [1.807, 2.05) is 45.0 Å². The van der Waals surface area contributed by atoms with Gasteiger partial charge in [-0.2, -0.15) is 5.10 Å². The number of hydrogen-bond donors (Lipinski definition) is 1. The number of ether oxygens (including phenoxy) is 2. The van der Waals surface area contributed by atoms with Crippen molar-refractivity contribution in [3.8, 4) is 17.3 Å². The summed E-state index contributed by atoms with van der Waals surface area (Å²) in [5.74, 6) is 0.590. The van der Waals surface area contributed by atoms with Gasteiger partial charge in [0.1, 0.15) is 17.5 Å². The van der Waals surface area contributed by atoms with Crippen molar-refractivity contribution >= 4 is 22.6 Å². The molecule has 1 N–H and O–H groups in total. The highest BCUT2D eigenvalue weighted by Gasteiger charge is 2.14. The minimum atomic E-state index is -0.319. The molecular formula is C23H23N5O3. The standard InChI is InChI=1S/C23H23N5O3/c1-4-30-20-8-6-5-7-19(20)27-21(29)13-31-23-18-12-26-28(22(18)24-14-25-23)17-10-15(2)9-16(3)11-17/h5-12,14H,4,13H2,1-3H3,(H,27,29). The first-order valence-corrected chi connectivity index (χ1v) is 9.97. The molecule has 4 aromatic rings. The normalized spacial score (nSPS) is 10.8. The summed E-state index contributed by atoms with van der Waals surface area (Å²) in [6.45, 7) is 6.26. The molecule has 8 heteroatoms.